The van der Waals surface area contributed by atoms with Crippen molar-refractivity contribution in [2.45, 2.75) is 38.8 Å². The molecule has 30 heavy (non-hydrogen) atoms. The van der Waals surface area contributed by atoms with Crippen molar-refractivity contribution in [2.24, 2.45) is 4.99 Å². The SMILES string of the molecule is CCNC(=NCc1ccc(N2CCOCC2)cc1)N1CCC(OCCCOC)CC1. The molecule has 1 aromatic rings. The Morgan fingerprint density at radius 2 is 1.83 bits per heavy atom. The van der Waals surface area contributed by atoms with Crippen LogP contribution >= 0.6 is 0 Å². The first-order valence-corrected chi connectivity index (χ1v) is 11.4. The molecule has 2 aliphatic heterocycles. The zero-order chi connectivity index (χ0) is 21.0. The molecule has 0 spiro atoms. The summed E-state index contributed by atoms with van der Waals surface area (Å²) in [6, 6.07) is 8.79. The molecule has 2 fully saturated rings. The van der Waals surface area contributed by atoms with Gasteiger partial charge in [0.05, 0.1) is 25.9 Å². The molecule has 1 N–H and O–H groups in total. The predicted octanol–water partition coefficient (Wildman–Crippen LogP) is 2.51. The van der Waals surface area contributed by atoms with Crippen LogP contribution in [0, 0.1) is 0 Å². The van der Waals surface area contributed by atoms with Gasteiger partial charge in [-0.3, -0.25) is 0 Å². The number of piperidine rings is 1. The van der Waals surface area contributed by atoms with E-state index in [0.29, 0.717) is 12.6 Å². The molecular weight excluding hydrogens is 380 g/mol. The summed E-state index contributed by atoms with van der Waals surface area (Å²) in [6.45, 7) is 10.8. The van der Waals surface area contributed by atoms with Gasteiger partial charge in [0.2, 0.25) is 0 Å². The zero-order valence-corrected chi connectivity index (χ0v) is 18.6. The van der Waals surface area contributed by atoms with E-state index >= 15 is 0 Å². The Kier molecular flexibility index (Phi) is 9.73. The van der Waals surface area contributed by atoms with Gasteiger partial charge in [-0.2, -0.15) is 0 Å². The van der Waals surface area contributed by atoms with Crippen LogP contribution in [0.25, 0.3) is 0 Å². The number of hydrogen-bond acceptors (Lipinski definition) is 5. The number of ether oxygens (including phenoxy) is 3. The van der Waals surface area contributed by atoms with Gasteiger partial charge >= 0.3 is 0 Å². The molecule has 3 rings (SSSR count). The molecular formula is C23H38N4O3. The minimum Gasteiger partial charge on any atom is -0.385 e. The molecule has 0 aromatic heterocycles. The van der Waals surface area contributed by atoms with Gasteiger partial charge in [0.25, 0.3) is 0 Å². The summed E-state index contributed by atoms with van der Waals surface area (Å²) in [6.07, 6.45) is 3.41. The molecule has 2 heterocycles. The summed E-state index contributed by atoms with van der Waals surface area (Å²) < 4.78 is 16.5. The standard InChI is InChI=1S/C23H38N4O3/c1-3-24-23(27-11-9-22(10-12-27)30-16-4-15-28-2)25-19-20-5-7-21(8-6-20)26-13-17-29-18-14-26/h5-8,22H,3-4,9-19H2,1-2H3,(H,24,25). The number of benzene rings is 1. The Balaban J connectivity index is 1.48. The number of rotatable bonds is 9. The summed E-state index contributed by atoms with van der Waals surface area (Å²) in [7, 11) is 1.73. The Morgan fingerprint density at radius 1 is 1.10 bits per heavy atom. The summed E-state index contributed by atoms with van der Waals surface area (Å²) >= 11 is 0. The van der Waals surface area contributed by atoms with E-state index in [1.807, 2.05) is 0 Å². The van der Waals surface area contributed by atoms with Crippen molar-refractivity contribution in [1.82, 2.24) is 10.2 Å². The lowest BCUT2D eigenvalue weighted by atomic mass is 10.1. The minimum atomic E-state index is 0.355. The third kappa shape index (κ3) is 7.15. The van der Waals surface area contributed by atoms with Crippen molar-refractivity contribution in [3.05, 3.63) is 29.8 Å². The number of nitrogens with one attached hydrogen (secondary N) is 1. The molecule has 0 unspecified atom stereocenters. The van der Waals surface area contributed by atoms with E-state index in [0.717, 1.165) is 84.4 Å². The van der Waals surface area contributed by atoms with Gasteiger partial charge in [-0.25, -0.2) is 4.99 Å². The van der Waals surface area contributed by atoms with Crippen LogP contribution in [0.1, 0.15) is 31.7 Å². The Hall–Kier alpha value is -1.83. The largest absolute Gasteiger partial charge is 0.385 e. The Morgan fingerprint density at radius 3 is 2.50 bits per heavy atom. The fourth-order valence-electron chi connectivity index (χ4n) is 3.91. The monoisotopic (exact) mass is 418 g/mol. The molecule has 168 valence electrons. The lowest BCUT2D eigenvalue weighted by molar-refractivity contribution is 0.00990. The van der Waals surface area contributed by atoms with Crippen LogP contribution in [-0.4, -0.2) is 83.2 Å². The minimum absolute atomic E-state index is 0.355. The number of anilines is 1. The van der Waals surface area contributed by atoms with E-state index in [4.69, 9.17) is 19.2 Å². The quantitative estimate of drug-likeness (QED) is 0.378. The molecule has 7 heteroatoms. The van der Waals surface area contributed by atoms with Crippen molar-refractivity contribution in [3.8, 4) is 0 Å². The molecule has 7 nitrogen and oxygen atoms in total. The number of guanidine groups is 1. The van der Waals surface area contributed by atoms with E-state index < -0.39 is 0 Å². The highest BCUT2D eigenvalue weighted by Crippen LogP contribution is 2.18. The maximum absolute atomic E-state index is 5.98. The molecule has 0 atom stereocenters. The fourth-order valence-corrected chi connectivity index (χ4v) is 3.91. The second kappa shape index (κ2) is 12.8. The molecule has 0 bridgehead atoms. The smallest absolute Gasteiger partial charge is 0.194 e. The lowest BCUT2D eigenvalue weighted by Crippen LogP contribution is -2.47. The number of nitrogens with zero attached hydrogens (tertiary/aromatic N) is 3. The van der Waals surface area contributed by atoms with Crippen molar-refractivity contribution in [1.29, 1.82) is 0 Å². The third-order valence-electron chi connectivity index (χ3n) is 5.65. The van der Waals surface area contributed by atoms with Gasteiger partial charge in [0.1, 0.15) is 0 Å². The molecule has 1 aromatic carbocycles. The molecule has 2 saturated heterocycles. The number of likely N-dealkylation sites (tertiary alicyclic amines) is 1. The lowest BCUT2D eigenvalue weighted by Gasteiger charge is -2.34. The summed E-state index contributed by atoms with van der Waals surface area (Å²) in [5, 5.41) is 3.46. The first kappa shape index (κ1) is 22.8. The fraction of sp³-hybridized carbons (Fsp3) is 0.696. The Bertz CT molecular complexity index is 624. The highest BCUT2D eigenvalue weighted by molar-refractivity contribution is 5.80. The van der Waals surface area contributed by atoms with E-state index in [1.165, 1.54) is 11.3 Å². The van der Waals surface area contributed by atoms with Gasteiger partial charge in [0.15, 0.2) is 5.96 Å². The van der Waals surface area contributed by atoms with Crippen molar-refractivity contribution in [3.63, 3.8) is 0 Å². The molecule has 0 amide bonds. The number of methoxy groups -OCH3 is 1. The van der Waals surface area contributed by atoms with Gasteiger partial charge in [0, 0.05) is 58.7 Å². The predicted molar refractivity (Wildman–Crippen MR) is 121 cm³/mol. The summed E-state index contributed by atoms with van der Waals surface area (Å²) in [4.78, 5) is 9.64. The third-order valence-corrected chi connectivity index (χ3v) is 5.65. The van der Waals surface area contributed by atoms with Gasteiger partial charge in [-0.15, -0.1) is 0 Å². The van der Waals surface area contributed by atoms with Crippen LogP contribution in [0.15, 0.2) is 29.3 Å². The average Bonchev–Trinajstić information content (AvgIpc) is 2.81. The summed E-state index contributed by atoms with van der Waals surface area (Å²) in [5.74, 6) is 1.01. The summed E-state index contributed by atoms with van der Waals surface area (Å²) in [5.41, 5.74) is 2.50. The zero-order valence-electron chi connectivity index (χ0n) is 18.6. The molecule has 0 radical (unpaired) electrons. The van der Waals surface area contributed by atoms with Crippen molar-refractivity contribution >= 4 is 11.6 Å². The van der Waals surface area contributed by atoms with Crippen LogP contribution in [0.5, 0.6) is 0 Å². The van der Waals surface area contributed by atoms with E-state index in [9.17, 15) is 0 Å². The Labute approximate surface area is 181 Å². The number of aliphatic imine (C=N–C) groups is 1. The first-order valence-electron chi connectivity index (χ1n) is 11.4. The van der Waals surface area contributed by atoms with Crippen molar-refractivity contribution in [2.75, 3.05) is 71.2 Å². The van der Waals surface area contributed by atoms with Crippen LogP contribution in [0.3, 0.4) is 0 Å². The van der Waals surface area contributed by atoms with Gasteiger partial charge in [-0.05, 0) is 43.9 Å². The van der Waals surface area contributed by atoms with E-state index in [2.05, 4.69) is 46.3 Å². The topological polar surface area (TPSA) is 58.6 Å². The van der Waals surface area contributed by atoms with Crippen molar-refractivity contribution < 1.29 is 14.2 Å². The second-order valence-corrected chi connectivity index (χ2v) is 7.84. The van der Waals surface area contributed by atoms with E-state index in [-0.39, 0.29) is 0 Å². The van der Waals surface area contributed by atoms with Crippen LogP contribution in [0.4, 0.5) is 5.69 Å². The van der Waals surface area contributed by atoms with Gasteiger partial charge in [-0.1, -0.05) is 12.1 Å². The highest BCUT2D eigenvalue weighted by Gasteiger charge is 2.21. The number of morpholine rings is 1. The first-order chi connectivity index (χ1) is 14.8. The number of hydrogen-bond donors (Lipinski definition) is 1. The van der Waals surface area contributed by atoms with Crippen LogP contribution in [0.2, 0.25) is 0 Å². The molecule has 0 saturated carbocycles. The van der Waals surface area contributed by atoms with Crippen LogP contribution in [-0.2, 0) is 20.8 Å². The highest BCUT2D eigenvalue weighted by atomic mass is 16.5. The normalized spacial score (nSPS) is 18.7. The molecule has 0 aliphatic carbocycles. The maximum atomic E-state index is 5.98. The molecule has 2 aliphatic rings. The van der Waals surface area contributed by atoms with Crippen LogP contribution < -0.4 is 10.2 Å². The second-order valence-electron chi connectivity index (χ2n) is 7.84. The average molecular weight is 419 g/mol. The maximum Gasteiger partial charge on any atom is 0.194 e. The van der Waals surface area contributed by atoms with Gasteiger partial charge < -0.3 is 29.3 Å². The van der Waals surface area contributed by atoms with E-state index in [1.54, 1.807) is 7.11 Å².